The normalized spacial score (nSPS) is 10.6. The topological polar surface area (TPSA) is 63.3 Å². The van der Waals surface area contributed by atoms with Gasteiger partial charge in [0.2, 0.25) is 0 Å². The number of carboxylic acid groups (broad SMARTS) is 1. The molecule has 0 amide bonds. The van der Waals surface area contributed by atoms with E-state index in [-0.39, 0.29) is 0 Å². The van der Waals surface area contributed by atoms with Crippen LogP contribution in [0.1, 0.15) is 21.1 Å². The molecule has 0 aromatic carbocycles. The van der Waals surface area contributed by atoms with Crippen molar-refractivity contribution in [3.05, 3.63) is 33.8 Å². The van der Waals surface area contributed by atoms with Gasteiger partial charge in [0.25, 0.3) is 0 Å². The van der Waals surface area contributed by atoms with Gasteiger partial charge in [-0.1, -0.05) is 5.16 Å². The maximum Gasteiger partial charge on any atom is 0.345 e. The van der Waals surface area contributed by atoms with Gasteiger partial charge >= 0.3 is 5.97 Å². The molecule has 0 atom stereocenters. The number of hydrogen-bond acceptors (Lipinski definition) is 5. The van der Waals surface area contributed by atoms with Gasteiger partial charge < -0.3 is 9.63 Å². The van der Waals surface area contributed by atoms with Gasteiger partial charge in [-0.25, -0.2) is 4.79 Å². The molecule has 0 radical (unpaired) electrons. The van der Waals surface area contributed by atoms with Gasteiger partial charge in [0, 0.05) is 22.1 Å². The Bertz CT molecular complexity index is 504. The number of carbonyl (C=O) groups is 1. The van der Waals surface area contributed by atoms with Crippen molar-refractivity contribution in [3.63, 3.8) is 0 Å². The quantitative estimate of drug-likeness (QED) is 0.851. The first-order valence-electron chi connectivity index (χ1n) is 4.52. The van der Waals surface area contributed by atoms with Crippen LogP contribution >= 0.6 is 23.1 Å². The lowest BCUT2D eigenvalue weighted by molar-refractivity contribution is 0.0702. The van der Waals surface area contributed by atoms with Gasteiger partial charge in [0.1, 0.15) is 10.6 Å². The van der Waals surface area contributed by atoms with Gasteiger partial charge in [0.05, 0.1) is 5.69 Å². The molecule has 0 saturated heterocycles. The van der Waals surface area contributed by atoms with E-state index in [1.165, 1.54) is 11.3 Å². The van der Waals surface area contributed by atoms with Crippen molar-refractivity contribution < 1.29 is 14.4 Å². The Hall–Kier alpha value is -1.27. The summed E-state index contributed by atoms with van der Waals surface area (Å²) in [5, 5.41) is 14.5. The number of aromatic carboxylic acids is 1. The molecule has 0 aliphatic heterocycles. The summed E-state index contributed by atoms with van der Waals surface area (Å²) in [6, 6.07) is 3.54. The van der Waals surface area contributed by atoms with E-state index in [2.05, 4.69) is 5.16 Å². The van der Waals surface area contributed by atoms with Crippen molar-refractivity contribution in [1.82, 2.24) is 5.16 Å². The fraction of sp³-hybridized carbons (Fsp3) is 0.200. The molecule has 84 valence electrons. The van der Waals surface area contributed by atoms with E-state index in [1.807, 2.05) is 18.4 Å². The zero-order valence-corrected chi connectivity index (χ0v) is 10.1. The Morgan fingerprint density at radius 1 is 1.62 bits per heavy atom. The molecular formula is C10H9NO3S2. The SMILES string of the molecule is Cc1cc(CSc2csc(C(=O)O)c2)no1. The van der Waals surface area contributed by atoms with Crippen LogP contribution < -0.4 is 0 Å². The zero-order valence-electron chi connectivity index (χ0n) is 8.47. The van der Waals surface area contributed by atoms with Crippen LogP contribution in [0.2, 0.25) is 0 Å². The number of aromatic nitrogens is 1. The largest absolute Gasteiger partial charge is 0.477 e. The molecule has 6 heteroatoms. The summed E-state index contributed by atoms with van der Waals surface area (Å²) in [6.45, 7) is 1.84. The Labute approximate surface area is 100 Å². The first kappa shape index (κ1) is 11.2. The first-order valence-corrected chi connectivity index (χ1v) is 6.38. The summed E-state index contributed by atoms with van der Waals surface area (Å²) in [4.78, 5) is 12.0. The van der Waals surface area contributed by atoms with Crippen LogP contribution in [0.15, 0.2) is 26.9 Å². The molecule has 1 N–H and O–H groups in total. The van der Waals surface area contributed by atoms with Crippen LogP contribution in [0.3, 0.4) is 0 Å². The highest BCUT2D eigenvalue weighted by atomic mass is 32.2. The predicted molar refractivity (Wildman–Crippen MR) is 62.1 cm³/mol. The van der Waals surface area contributed by atoms with Crippen LogP contribution in [-0.4, -0.2) is 16.2 Å². The standard InChI is InChI=1S/C10H9NO3S2/c1-6-2-7(11-14-6)4-15-8-3-9(10(12)13)16-5-8/h2-3,5H,4H2,1H3,(H,12,13). The molecule has 2 aromatic heterocycles. The van der Waals surface area contributed by atoms with Gasteiger partial charge in [-0.05, 0) is 13.0 Å². The smallest absolute Gasteiger partial charge is 0.345 e. The second-order valence-corrected chi connectivity index (χ2v) is 5.13. The Morgan fingerprint density at radius 3 is 3.00 bits per heavy atom. The van der Waals surface area contributed by atoms with E-state index in [0.717, 1.165) is 16.3 Å². The molecular weight excluding hydrogens is 246 g/mol. The zero-order chi connectivity index (χ0) is 11.5. The summed E-state index contributed by atoms with van der Waals surface area (Å²) in [7, 11) is 0. The van der Waals surface area contributed by atoms with E-state index in [9.17, 15) is 4.79 Å². The summed E-state index contributed by atoms with van der Waals surface area (Å²) >= 11 is 2.78. The lowest BCUT2D eigenvalue weighted by Crippen LogP contribution is -1.89. The number of rotatable bonds is 4. The maximum atomic E-state index is 10.7. The minimum Gasteiger partial charge on any atom is -0.477 e. The Balaban J connectivity index is 1.97. The maximum absolute atomic E-state index is 10.7. The molecule has 0 aliphatic carbocycles. The van der Waals surface area contributed by atoms with Gasteiger partial charge in [-0.3, -0.25) is 0 Å². The van der Waals surface area contributed by atoms with Crippen molar-refractivity contribution in [1.29, 1.82) is 0 Å². The van der Waals surface area contributed by atoms with Crippen molar-refractivity contribution in [3.8, 4) is 0 Å². The Kier molecular flexibility index (Phi) is 3.31. The van der Waals surface area contributed by atoms with Crippen LogP contribution in [0.5, 0.6) is 0 Å². The predicted octanol–water partition coefficient (Wildman–Crippen LogP) is 3.04. The second-order valence-electron chi connectivity index (χ2n) is 3.17. The third kappa shape index (κ3) is 2.65. The molecule has 16 heavy (non-hydrogen) atoms. The van der Waals surface area contributed by atoms with E-state index in [1.54, 1.807) is 17.8 Å². The van der Waals surface area contributed by atoms with Crippen molar-refractivity contribution in [2.24, 2.45) is 0 Å². The van der Waals surface area contributed by atoms with E-state index in [0.29, 0.717) is 10.6 Å². The number of aryl methyl sites for hydroxylation is 1. The third-order valence-corrected chi connectivity index (χ3v) is 3.93. The molecule has 0 bridgehead atoms. The second kappa shape index (κ2) is 4.71. The van der Waals surface area contributed by atoms with Crippen LogP contribution in [0, 0.1) is 6.92 Å². The number of hydrogen-bond donors (Lipinski definition) is 1. The molecule has 2 heterocycles. The molecule has 0 fully saturated rings. The number of nitrogens with zero attached hydrogens (tertiary/aromatic N) is 1. The molecule has 2 rings (SSSR count). The fourth-order valence-corrected chi connectivity index (χ4v) is 2.90. The van der Waals surface area contributed by atoms with Crippen LogP contribution in [0.25, 0.3) is 0 Å². The van der Waals surface area contributed by atoms with Crippen molar-refractivity contribution >= 4 is 29.1 Å². The van der Waals surface area contributed by atoms with E-state index in [4.69, 9.17) is 9.63 Å². The number of carboxylic acids is 1. The summed E-state index contributed by atoms with van der Waals surface area (Å²) in [5.41, 5.74) is 0.866. The highest BCUT2D eigenvalue weighted by molar-refractivity contribution is 7.98. The van der Waals surface area contributed by atoms with Crippen molar-refractivity contribution in [2.45, 2.75) is 17.6 Å². The fourth-order valence-electron chi connectivity index (χ4n) is 1.15. The molecule has 0 saturated carbocycles. The number of thiophene rings is 1. The first-order chi connectivity index (χ1) is 7.65. The molecule has 4 nitrogen and oxygen atoms in total. The lowest BCUT2D eigenvalue weighted by Gasteiger charge is -1.92. The number of thioether (sulfide) groups is 1. The summed E-state index contributed by atoms with van der Waals surface area (Å²) in [5.74, 6) is 0.592. The molecule has 0 unspecified atom stereocenters. The highest BCUT2D eigenvalue weighted by Gasteiger charge is 2.08. The summed E-state index contributed by atoms with van der Waals surface area (Å²) in [6.07, 6.45) is 0. The lowest BCUT2D eigenvalue weighted by atomic mass is 10.4. The molecule has 0 aliphatic rings. The molecule has 0 spiro atoms. The Morgan fingerprint density at radius 2 is 2.44 bits per heavy atom. The van der Waals surface area contributed by atoms with Gasteiger partial charge in [0.15, 0.2) is 0 Å². The minimum absolute atomic E-state index is 0.360. The minimum atomic E-state index is -0.880. The van der Waals surface area contributed by atoms with E-state index < -0.39 is 5.97 Å². The third-order valence-electron chi connectivity index (χ3n) is 1.85. The highest BCUT2D eigenvalue weighted by Crippen LogP contribution is 2.27. The van der Waals surface area contributed by atoms with Crippen LogP contribution in [0.4, 0.5) is 0 Å². The molecule has 2 aromatic rings. The van der Waals surface area contributed by atoms with Gasteiger partial charge in [-0.2, -0.15) is 0 Å². The average molecular weight is 255 g/mol. The van der Waals surface area contributed by atoms with E-state index >= 15 is 0 Å². The van der Waals surface area contributed by atoms with Crippen molar-refractivity contribution in [2.75, 3.05) is 0 Å². The van der Waals surface area contributed by atoms with Gasteiger partial charge in [-0.15, -0.1) is 23.1 Å². The monoisotopic (exact) mass is 255 g/mol. The van der Waals surface area contributed by atoms with Crippen LogP contribution in [-0.2, 0) is 5.75 Å². The average Bonchev–Trinajstić information content (AvgIpc) is 2.83. The summed E-state index contributed by atoms with van der Waals surface area (Å²) < 4.78 is 4.94.